The van der Waals surface area contributed by atoms with E-state index < -0.39 is 5.54 Å². The van der Waals surface area contributed by atoms with Gasteiger partial charge in [0, 0.05) is 26.3 Å². The number of hydrogen-bond donors (Lipinski definition) is 2. The van der Waals surface area contributed by atoms with Crippen molar-refractivity contribution in [2.24, 2.45) is 5.73 Å². The van der Waals surface area contributed by atoms with Crippen LogP contribution in [-0.2, 0) is 20.9 Å². The summed E-state index contributed by atoms with van der Waals surface area (Å²) in [4.78, 5) is 26.2. The normalized spacial score (nSPS) is 16.5. The molecule has 2 amide bonds. The van der Waals surface area contributed by atoms with E-state index in [4.69, 9.17) is 10.5 Å². The van der Waals surface area contributed by atoms with Crippen LogP contribution in [0.1, 0.15) is 25.3 Å². The number of amides is 2. The minimum atomic E-state index is -0.953. The lowest BCUT2D eigenvalue weighted by Gasteiger charge is -2.36. The highest BCUT2D eigenvalue weighted by Gasteiger charge is 2.38. The first-order valence-corrected chi connectivity index (χ1v) is 8.12. The lowest BCUT2D eigenvalue weighted by molar-refractivity contribution is -0.143. The monoisotopic (exact) mass is 337 g/mol. The highest BCUT2D eigenvalue weighted by atomic mass is 19.1. The van der Waals surface area contributed by atoms with Crippen molar-refractivity contribution in [3.8, 4) is 0 Å². The number of carbonyl (C=O) groups is 2. The molecule has 2 rings (SSSR count). The minimum Gasteiger partial charge on any atom is -0.381 e. The second kappa shape index (κ2) is 8.21. The molecule has 0 atom stereocenters. The van der Waals surface area contributed by atoms with Crippen LogP contribution >= 0.6 is 0 Å². The Morgan fingerprint density at radius 3 is 2.50 bits per heavy atom. The Kier molecular flexibility index (Phi) is 6.28. The van der Waals surface area contributed by atoms with Gasteiger partial charge in [-0.05, 0) is 37.5 Å². The van der Waals surface area contributed by atoms with E-state index in [1.807, 2.05) is 6.92 Å². The van der Waals surface area contributed by atoms with Gasteiger partial charge in [0.2, 0.25) is 11.8 Å². The number of ether oxygens (including phenoxy) is 1. The van der Waals surface area contributed by atoms with Crippen LogP contribution in [0.15, 0.2) is 24.3 Å². The van der Waals surface area contributed by atoms with Gasteiger partial charge in [-0.15, -0.1) is 0 Å². The first-order chi connectivity index (χ1) is 11.4. The molecule has 0 radical (unpaired) electrons. The van der Waals surface area contributed by atoms with E-state index in [9.17, 15) is 14.0 Å². The SMILES string of the molecule is CCN(CC(=O)NCc1ccc(F)cc1)C(=O)C1(N)CCOCC1. The molecule has 1 heterocycles. The first-order valence-electron chi connectivity index (χ1n) is 8.12. The first kappa shape index (κ1) is 18.4. The third-order valence-electron chi connectivity index (χ3n) is 4.22. The molecule has 7 heteroatoms. The van der Waals surface area contributed by atoms with Crippen molar-refractivity contribution < 1.29 is 18.7 Å². The molecule has 0 unspecified atom stereocenters. The highest BCUT2D eigenvalue weighted by Crippen LogP contribution is 2.20. The average Bonchev–Trinajstić information content (AvgIpc) is 2.59. The van der Waals surface area contributed by atoms with E-state index in [0.29, 0.717) is 32.6 Å². The third-order valence-corrected chi connectivity index (χ3v) is 4.22. The summed E-state index contributed by atoms with van der Waals surface area (Å²) in [6.07, 6.45) is 0.916. The fourth-order valence-electron chi connectivity index (χ4n) is 2.62. The molecule has 1 fully saturated rings. The number of nitrogens with zero attached hydrogens (tertiary/aromatic N) is 1. The van der Waals surface area contributed by atoms with Gasteiger partial charge in [-0.1, -0.05) is 12.1 Å². The van der Waals surface area contributed by atoms with Gasteiger partial charge in [0.1, 0.15) is 5.82 Å². The molecule has 132 valence electrons. The summed E-state index contributed by atoms with van der Waals surface area (Å²) in [7, 11) is 0. The minimum absolute atomic E-state index is 0.0453. The van der Waals surface area contributed by atoms with Crippen LogP contribution in [0.25, 0.3) is 0 Å². The quantitative estimate of drug-likeness (QED) is 0.804. The number of likely N-dealkylation sites (N-methyl/N-ethyl adjacent to an activating group) is 1. The van der Waals surface area contributed by atoms with Crippen molar-refractivity contribution in [1.82, 2.24) is 10.2 Å². The molecule has 24 heavy (non-hydrogen) atoms. The Balaban J connectivity index is 1.88. The molecule has 1 aromatic carbocycles. The van der Waals surface area contributed by atoms with Gasteiger partial charge in [-0.2, -0.15) is 0 Å². The molecule has 1 aromatic rings. The lowest BCUT2D eigenvalue weighted by Crippen LogP contribution is -2.59. The van der Waals surface area contributed by atoms with Crippen LogP contribution < -0.4 is 11.1 Å². The molecule has 0 aliphatic carbocycles. The Morgan fingerprint density at radius 2 is 1.92 bits per heavy atom. The maximum absolute atomic E-state index is 12.9. The van der Waals surface area contributed by atoms with Crippen molar-refractivity contribution in [1.29, 1.82) is 0 Å². The molecule has 0 aromatic heterocycles. The molecule has 1 aliphatic heterocycles. The van der Waals surface area contributed by atoms with Crippen LogP contribution in [0.2, 0.25) is 0 Å². The van der Waals surface area contributed by atoms with Crippen LogP contribution in [-0.4, -0.2) is 48.6 Å². The highest BCUT2D eigenvalue weighted by molar-refractivity contribution is 5.90. The van der Waals surface area contributed by atoms with Crippen molar-refractivity contribution in [2.45, 2.75) is 31.8 Å². The number of rotatable bonds is 6. The van der Waals surface area contributed by atoms with Gasteiger partial charge in [0.25, 0.3) is 0 Å². The summed E-state index contributed by atoms with van der Waals surface area (Å²) in [6.45, 7) is 3.37. The Labute approximate surface area is 141 Å². The average molecular weight is 337 g/mol. The Bertz CT molecular complexity index is 571. The summed E-state index contributed by atoms with van der Waals surface area (Å²) >= 11 is 0. The molecule has 0 bridgehead atoms. The largest absolute Gasteiger partial charge is 0.381 e. The maximum atomic E-state index is 12.9. The molecule has 1 saturated heterocycles. The van der Waals surface area contributed by atoms with Crippen molar-refractivity contribution >= 4 is 11.8 Å². The summed E-state index contributed by atoms with van der Waals surface area (Å²) in [5, 5.41) is 2.73. The molecule has 0 spiro atoms. The van der Waals surface area contributed by atoms with E-state index in [0.717, 1.165) is 5.56 Å². The van der Waals surface area contributed by atoms with Gasteiger partial charge in [-0.3, -0.25) is 9.59 Å². The molecular formula is C17H24FN3O3. The topological polar surface area (TPSA) is 84.7 Å². The molecule has 6 nitrogen and oxygen atoms in total. The van der Waals surface area contributed by atoms with Gasteiger partial charge >= 0.3 is 0 Å². The zero-order valence-corrected chi connectivity index (χ0v) is 13.9. The summed E-state index contributed by atoms with van der Waals surface area (Å²) in [5.74, 6) is -0.812. The fraction of sp³-hybridized carbons (Fsp3) is 0.529. The van der Waals surface area contributed by atoms with Gasteiger partial charge in [-0.25, -0.2) is 4.39 Å². The van der Waals surface area contributed by atoms with Crippen LogP contribution in [0.4, 0.5) is 4.39 Å². The zero-order valence-electron chi connectivity index (χ0n) is 13.9. The number of nitrogens with one attached hydrogen (secondary N) is 1. The summed E-state index contributed by atoms with van der Waals surface area (Å²) in [5.41, 5.74) is 6.03. The van der Waals surface area contributed by atoms with E-state index in [1.54, 1.807) is 12.1 Å². The number of hydrogen-bond acceptors (Lipinski definition) is 4. The zero-order chi connectivity index (χ0) is 17.6. The number of carbonyl (C=O) groups excluding carboxylic acids is 2. The summed E-state index contributed by atoms with van der Waals surface area (Å²) < 4.78 is 18.1. The smallest absolute Gasteiger partial charge is 0.243 e. The Hall–Kier alpha value is -1.99. The summed E-state index contributed by atoms with van der Waals surface area (Å²) in [6, 6.07) is 5.89. The van der Waals surface area contributed by atoms with E-state index in [-0.39, 0.29) is 30.7 Å². The maximum Gasteiger partial charge on any atom is 0.243 e. The van der Waals surface area contributed by atoms with Crippen molar-refractivity contribution in [3.05, 3.63) is 35.6 Å². The molecule has 0 saturated carbocycles. The standard InChI is InChI=1S/C17H24FN3O3/c1-2-21(16(23)17(19)7-9-24-10-8-17)12-15(22)20-11-13-3-5-14(18)6-4-13/h3-6H,2,7-12,19H2,1H3,(H,20,22). The molecule has 1 aliphatic rings. The number of benzene rings is 1. The van der Waals surface area contributed by atoms with Crippen molar-refractivity contribution in [2.75, 3.05) is 26.3 Å². The predicted octanol–water partition coefficient (Wildman–Crippen LogP) is 0.798. The fourth-order valence-corrected chi connectivity index (χ4v) is 2.62. The Morgan fingerprint density at radius 1 is 1.29 bits per heavy atom. The van der Waals surface area contributed by atoms with E-state index in [2.05, 4.69) is 5.32 Å². The molecule has 3 N–H and O–H groups in total. The van der Waals surface area contributed by atoms with Gasteiger partial charge in [0.05, 0.1) is 12.1 Å². The number of nitrogens with two attached hydrogens (primary N) is 1. The van der Waals surface area contributed by atoms with Crippen molar-refractivity contribution in [3.63, 3.8) is 0 Å². The van der Waals surface area contributed by atoms with Crippen LogP contribution in [0, 0.1) is 5.82 Å². The van der Waals surface area contributed by atoms with Crippen LogP contribution in [0.3, 0.4) is 0 Å². The predicted molar refractivity (Wildman–Crippen MR) is 87.5 cm³/mol. The molecular weight excluding hydrogens is 313 g/mol. The second-order valence-electron chi connectivity index (χ2n) is 5.99. The van der Waals surface area contributed by atoms with E-state index >= 15 is 0 Å². The second-order valence-corrected chi connectivity index (χ2v) is 5.99. The van der Waals surface area contributed by atoms with Crippen LogP contribution in [0.5, 0.6) is 0 Å². The van der Waals surface area contributed by atoms with Gasteiger partial charge < -0.3 is 20.7 Å². The number of halogens is 1. The van der Waals surface area contributed by atoms with E-state index in [1.165, 1.54) is 17.0 Å². The lowest BCUT2D eigenvalue weighted by atomic mass is 9.89. The third kappa shape index (κ3) is 4.75. The van der Waals surface area contributed by atoms with Gasteiger partial charge in [0.15, 0.2) is 0 Å².